The fraction of sp³-hybridized carbons (Fsp3) is 0.824. The normalized spacial score (nSPS) is 27.0. The van der Waals surface area contributed by atoms with Gasteiger partial charge in [0.15, 0.2) is 0 Å². The molecule has 0 bridgehead atoms. The fourth-order valence-electron chi connectivity index (χ4n) is 2.73. The van der Waals surface area contributed by atoms with Crippen LogP contribution in [0.3, 0.4) is 0 Å². The summed E-state index contributed by atoms with van der Waals surface area (Å²) in [5.41, 5.74) is -1.16. The van der Waals surface area contributed by atoms with Crippen molar-refractivity contribution in [3.05, 3.63) is 12.1 Å². The van der Waals surface area contributed by atoms with Crippen molar-refractivity contribution < 1.29 is 18.8 Å². The molecule has 0 unspecified atom stereocenters. The van der Waals surface area contributed by atoms with Crippen LogP contribution < -0.4 is 0 Å². The van der Waals surface area contributed by atoms with Crippen LogP contribution in [0.4, 0.5) is 4.79 Å². The summed E-state index contributed by atoms with van der Waals surface area (Å²) < 4.78 is 17.4. The zero-order chi connectivity index (χ0) is 17.5. The topological polar surface area (TPSA) is 48.0 Å². The average molecular weight is 323 g/mol. The fourth-order valence-corrected chi connectivity index (χ4v) is 2.73. The minimum absolute atomic E-state index is 0.0453. The molecule has 2 heterocycles. The Kier molecular flexibility index (Phi) is 4.89. The number of ether oxygens (including phenoxy) is 1. The van der Waals surface area contributed by atoms with Crippen LogP contribution in [0.2, 0.25) is 0 Å². The molecule has 5 nitrogen and oxygen atoms in total. The van der Waals surface area contributed by atoms with Crippen LogP contribution in [0, 0.1) is 0 Å². The molecule has 0 N–H and O–H groups in total. The van der Waals surface area contributed by atoms with E-state index >= 15 is 0 Å². The minimum Gasteiger partial charge on any atom is -0.444 e. The van der Waals surface area contributed by atoms with Crippen molar-refractivity contribution in [1.29, 1.82) is 0 Å². The van der Waals surface area contributed by atoms with Crippen molar-refractivity contribution in [3.63, 3.8) is 0 Å². The van der Waals surface area contributed by atoms with Gasteiger partial charge in [-0.3, -0.25) is 0 Å². The molecule has 2 rings (SSSR count). The van der Waals surface area contributed by atoms with Gasteiger partial charge in [0, 0.05) is 6.54 Å². The maximum absolute atomic E-state index is 12.3. The SMILES string of the molecule is CC(C)(C)OC(=O)N1CCC[C@H]1/C=C/B1OC(C)(C)C(C)(C)O1. The Hall–Kier alpha value is -1.01. The largest absolute Gasteiger partial charge is 0.486 e. The van der Waals surface area contributed by atoms with Gasteiger partial charge in [0.1, 0.15) is 5.60 Å². The monoisotopic (exact) mass is 323 g/mol. The highest BCUT2D eigenvalue weighted by molar-refractivity contribution is 6.51. The molecule has 0 spiro atoms. The summed E-state index contributed by atoms with van der Waals surface area (Å²) >= 11 is 0. The van der Waals surface area contributed by atoms with E-state index in [9.17, 15) is 4.79 Å². The summed E-state index contributed by atoms with van der Waals surface area (Å²) in [6.07, 6.45) is 3.69. The summed E-state index contributed by atoms with van der Waals surface area (Å²) in [7, 11) is -0.374. The first-order chi connectivity index (χ1) is 10.4. The molecule has 23 heavy (non-hydrogen) atoms. The van der Waals surface area contributed by atoms with Gasteiger partial charge >= 0.3 is 13.2 Å². The number of likely N-dealkylation sites (tertiary alicyclic amines) is 1. The molecule has 2 aliphatic rings. The Morgan fingerprint density at radius 1 is 1.22 bits per heavy atom. The Labute approximate surface area is 140 Å². The van der Waals surface area contributed by atoms with E-state index in [0.717, 1.165) is 19.4 Å². The van der Waals surface area contributed by atoms with E-state index in [4.69, 9.17) is 14.0 Å². The maximum Gasteiger partial charge on any atom is 0.486 e. The highest BCUT2D eigenvalue weighted by atomic mass is 16.7. The number of nitrogens with zero attached hydrogens (tertiary/aromatic N) is 1. The Bertz CT molecular complexity index is 465. The van der Waals surface area contributed by atoms with Gasteiger partial charge in [-0.1, -0.05) is 12.1 Å². The number of rotatable bonds is 2. The van der Waals surface area contributed by atoms with E-state index in [0.29, 0.717) is 0 Å². The molecule has 0 aromatic rings. The predicted molar refractivity (Wildman–Crippen MR) is 91.2 cm³/mol. The molecule has 2 aliphatic heterocycles. The van der Waals surface area contributed by atoms with Crippen molar-refractivity contribution in [1.82, 2.24) is 4.90 Å². The van der Waals surface area contributed by atoms with Crippen LogP contribution >= 0.6 is 0 Å². The van der Waals surface area contributed by atoms with Gasteiger partial charge in [-0.05, 0) is 61.3 Å². The molecule has 2 saturated heterocycles. The van der Waals surface area contributed by atoms with Gasteiger partial charge in [0.2, 0.25) is 0 Å². The molecule has 0 saturated carbocycles. The number of carbonyl (C=O) groups excluding carboxylic acids is 1. The van der Waals surface area contributed by atoms with Gasteiger partial charge in [0.05, 0.1) is 17.2 Å². The zero-order valence-corrected chi connectivity index (χ0v) is 15.5. The first-order valence-electron chi connectivity index (χ1n) is 8.45. The highest BCUT2D eigenvalue weighted by Crippen LogP contribution is 2.37. The van der Waals surface area contributed by atoms with Crippen molar-refractivity contribution in [2.24, 2.45) is 0 Å². The van der Waals surface area contributed by atoms with E-state index < -0.39 is 5.60 Å². The van der Waals surface area contributed by atoms with E-state index in [1.165, 1.54) is 0 Å². The second-order valence-electron chi connectivity index (χ2n) is 8.39. The summed E-state index contributed by atoms with van der Waals surface area (Å²) in [6, 6.07) is 0.0453. The lowest BCUT2D eigenvalue weighted by Gasteiger charge is -2.32. The summed E-state index contributed by atoms with van der Waals surface area (Å²) in [5.74, 6) is 1.92. The molecule has 130 valence electrons. The molecule has 2 fully saturated rings. The third kappa shape index (κ3) is 4.30. The minimum atomic E-state index is -0.473. The van der Waals surface area contributed by atoms with Crippen molar-refractivity contribution in [2.45, 2.75) is 84.2 Å². The number of carbonyl (C=O) groups is 1. The van der Waals surface area contributed by atoms with E-state index in [-0.39, 0.29) is 30.5 Å². The van der Waals surface area contributed by atoms with Crippen LogP contribution in [0.15, 0.2) is 12.1 Å². The second-order valence-corrected chi connectivity index (χ2v) is 8.39. The number of amides is 1. The quantitative estimate of drug-likeness (QED) is 0.729. The molecule has 0 aliphatic carbocycles. The van der Waals surface area contributed by atoms with Gasteiger partial charge in [-0.2, -0.15) is 0 Å². The van der Waals surface area contributed by atoms with Gasteiger partial charge < -0.3 is 18.9 Å². The van der Waals surface area contributed by atoms with Crippen molar-refractivity contribution >= 4 is 13.2 Å². The van der Waals surface area contributed by atoms with E-state index in [1.807, 2.05) is 60.5 Å². The van der Waals surface area contributed by atoms with Crippen LogP contribution in [-0.4, -0.2) is 47.5 Å². The molecule has 0 radical (unpaired) electrons. The Morgan fingerprint density at radius 2 is 1.78 bits per heavy atom. The lowest BCUT2D eigenvalue weighted by Crippen LogP contribution is -2.41. The van der Waals surface area contributed by atoms with Gasteiger partial charge in [-0.25, -0.2) is 4.79 Å². The average Bonchev–Trinajstić information content (AvgIpc) is 2.87. The number of hydrogen-bond acceptors (Lipinski definition) is 4. The van der Waals surface area contributed by atoms with Crippen LogP contribution in [0.5, 0.6) is 0 Å². The lowest BCUT2D eigenvalue weighted by molar-refractivity contribution is 0.00578. The Balaban J connectivity index is 1.98. The van der Waals surface area contributed by atoms with Crippen LogP contribution in [0.25, 0.3) is 0 Å². The zero-order valence-electron chi connectivity index (χ0n) is 15.5. The highest BCUT2D eigenvalue weighted by Gasteiger charge is 2.50. The van der Waals surface area contributed by atoms with Crippen molar-refractivity contribution in [3.8, 4) is 0 Å². The summed E-state index contributed by atoms with van der Waals surface area (Å²) in [5, 5.41) is 0. The predicted octanol–water partition coefficient (Wildman–Crippen LogP) is 3.57. The molecule has 6 heteroatoms. The third-order valence-corrected chi connectivity index (χ3v) is 4.69. The van der Waals surface area contributed by atoms with Crippen LogP contribution in [0.1, 0.15) is 61.3 Å². The Morgan fingerprint density at radius 3 is 2.30 bits per heavy atom. The molecule has 1 amide bonds. The summed E-state index contributed by atoms with van der Waals surface area (Å²) in [6.45, 7) is 14.5. The van der Waals surface area contributed by atoms with Gasteiger partial charge in [0.25, 0.3) is 0 Å². The van der Waals surface area contributed by atoms with E-state index in [1.54, 1.807) is 4.90 Å². The molecule has 0 aromatic carbocycles. The van der Waals surface area contributed by atoms with Crippen molar-refractivity contribution in [2.75, 3.05) is 6.54 Å². The molecule has 1 atom stereocenters. The van der Waals surface area contributed by atoms with Crippen LogP contribution in [-0.2, 0) is 14.0 Å². The molecule has 0 aromatic heterocycles. The first-order valence-corrected chi connectivity index (χ1v) is 8.45. The first kappa shape index (κ1) is 18.3. The standard InChI is InChI=1S/C17H30BNO4/c1-15(2,3)21-14(20)19-12-8-9-13(19)10-11-18-22-16(4,5)17(6,7)23-18/h10-11,13H,8-9,12H2,1-7H3/b11-10+/t13-/m0/s1. The lowest BCUT2D eigenvalue weighted by atomic mass is 9.89. The summed E-state index contributed by atoms with van der Waals surface area (Å²) in [4.78, 5) is 14.1. The smallest absolute Gasteiger partial charge is 0.444 e. The van der Waals surface area contributed by atoms with E-state index in [2.05, 4.69) is 0 Å². The maximum atomic E-state index is 12.3. The van der Waals surface area contributed by atoms with Gasteiger partial charge in [-0.15, -0.1) is 0 Å². The second kappa shape index (κ2) is 6.13. The third-order valence-electron chi connectivity index (χ3n) is 4.69. The number of hydrogen-bond donors (Lipinski definition) is 0. The molecular formula is C17H30BNO4. The molecular weight excluding hydrogens is 293 g/mol.